The van der Waals surface area contributed by atoms with Crippen LogP contribution in [0.3, 0.4) is 0 Å². The first-order chi connectivity index (χ1) is 9.85. The zero-order chi connectivity index (χ0) is 15.6. The van der Waals surface area contributed by atoms with Crippen molar-refractivity contribution >= 4 is 15.7 Å². The molecule has 0 amide bonds. The van der Waals surface area contributed by atoms with Crippen molar-refractivity contribution in [1.29, 1.82) is 0 Å². The summed E-state index contributed by atoms with van der Waals surface area (Å²) in [5, 5.41) is 0. The van der Waals surface area contributed by atoms with Crippen LogP contribution in [-0.4, -0.2) is 22.1 Å². The fraction of sp³-hybridized carbons (Fsp3) is 0.600. The van der Waals surface area contributed by atoms with Gasteiger partial charge in [-0.05, 0) is 42.9 Å². The van der Waals surface area contributed by atoms with E-state index < -0.39 is 10.0 Å². The van der Waals surface area contributed by atoms with E-state index >= 15 is 0 Å². The van der Waals surface area contributed by atoms with Gasteiger partial charge in [0.1, 0.15) is 10.6 Å². The smallest absolute Gasteiger partial charge is 0.244 e. The summed E-state index contributed by atoms with van der Waals surface area (Å²) in [6.07, 6.45) is 3.43. The lowest BCUT2D eigenvalue weighted by atomic mass is 9.99. The van der Waals surface area contributed by atoms with E-state index in [1.807, 2.05) is 6.92 Å². The number of aryl methyl sites for hydroxylation is 1. The third-order valence-corrected chi connectivity index (χ3v) is 5.86. The molecule has 0 radical (unpaired) electrons. The molecule has 0 heterocycles. The molecule has 3 N–H and O–H groups in total. The van der Waals surface area contributed by atoms with Gasteiger partial charge in [0, 0.05) is 12.2 Å². The Morgan fingerprint density at radius 2 is 2.10 bits per heavy atom. The van der Waals surface area contributed by atoms with Gasteiger partial charge >= 0.3 is 0 Å². The van der Waals surface area contributed by atoms with E-state index in [9.17, 15) is 8.42 Å². The normalized spacial score (nSPS) is 22.4. The van der Waals surface area contributed by atoms with Crippen molar-refractivity contribution in [3.63, 3.8) is 0 Å². The SMILES string of the molecule is COc1cc(C)c(N)cc1S(=O)(=O)NCC1CCCC1C. The molecule has 0 aromatic heterocycles. The molecule has 6 heteroatoms. The highest BCUT2D eigenvalue weighted by Gasteiger charge is 2.27. The number of methoxy groups -OCH3 is 1. The van der Waals surface area contributed by atoms with Crippen LogP contribution in [0.5, 0.6) is 5.75 Å². The van der Waals surface area contributed by atoms with E-state index in [0.29, 0.717) is 29.8 Å². The van der Waals surface area contributed by atoms with Crippen molar-refractivity contribution in [2.75, 3.05) is 19.4 Å². The predicted molar refractivity (Wildman–Crippen MR) is 83.8 cm³/mol. The maximum absolute atomic E-state index is 12.5. The average molecular weight is 312 g/mol. The molecule has 2 unspecified atom stereocenters. The standard InChI is InChI=1S/C15H24N2O3S/c1-10-5-4-6-12(10)9-17-21(18,19)15-8-13(16)11(2)7-14(15)20-3/h7-8,10,12,17H,4-6,9,16H2,1-3H3. The number of hydrogen-bond acceptors (Lipinski definition) is 4. The van der Waals surface area contributed by atoms with Crippen molar-refractivity contribution in [2.24, 2.45) is 11.8 Å². The molecule has 1 fully saturated rings. The summed E-state index contributed by atoms with van der Waals surface area (Å²) < 4.78 is 32.9. The van der Waals surface area contributed by atoms with Crippen molar-refractivity contribution in [3.8, 4) is 5.75 Å². The van der Waals surface area contributed by atoms with E-state index in [2.05, 4.69) is 11.6 Å². The lowest BCUT2D eigenvalue weighted by Gasteiger charge is -2.17. The average Bonchev–Trinajstić information content (AvgIpc) is 2.84. The fourth-order valence-electron chi connectivity index (χ4n) is 2.87. The van der Waals surface area contributed by atoms with Crippen molar-refractivity contribution in [3.05, 3.63) is 17.7 Å². The maximum Gasteiger partial charge on any atom is 0.244 e. The van der Waals surface area contributed by atoms with Crippen LogP contribution in [0.25, 0.3) is 0 Å². The van der Waals surface area contributed by atoms with Crippen LogP contribution in [0.15, 0.2) is 17.0 Å². The lowest BCUT2D eigenvalue weighted by Crippen LogP contribution is -2.30. The summed E-state index contributed by atoms with van der Waals surface area (Å²) in [5.74, 6) is 1.31. The number of nitrogens with one attached hydrogen (secondary N) is 1. The number of nitrogen functional groups attached to an aromatic ring is 1. The van der Waals surface area contributed by atoms with Gasteiger partial charge in [-0.1, -0.05) is 19.8 Å². The number of hydrogen-bond donors (Lipinski definition) is 2. The van der Waals surface area contributed by atoms with Gasteiger partial charge in [-0.25, -0.2) is 13.1 Å². The van der Waals surface area contributed by atoms with Gasteiger partial charge in [0.05, 0.1) is 7.11 Å². The second kappa shape index (κ2) is 6.23. The van der Waals surface area contributed by atoms with E-state index in [0.717, 1.165) is 12.0 Å². The van der Waals surface area contributed by atoms with Crippen molar-refractivity contribution in [1.82, 2.24) is 4.72 Å². The van der Waals surface area contributed by atoms with E-state index in [1.54, 1.807) is 6.07 Å². The molecule has 1 aliphatic rings. The molecule has 1 aliphatic carbocycles. The number of benzene rings is 1. The van der Waals surface area contributed by atoms with Crippen LogP contribution in [-0.2, 0) is 10.0 Å². The zero-order valence-electron chi connectivity index (χ0n) is 12.8. The molecule has 5 nitrogen and oxygen atoms in total. The number of nitrogens with two attached hydrogens (primary N) is 1. The first kappa shape index (κ1) is 16.1. The number of anilines is 1. The number of ether oxygens (including phenoxy) is 1. The van der Waals surface area contributed by atoms with Gasteiger partial charge in [-0.3, -0.25) is 0 Å². The third-order valence-electron chi connectivity index (χ3n) is 4.42. The van der Waals surface area contributed by atoms with Gasteiger partial charge in [-0.2, -0.15) is 0 Å². The van der Waals surface area contributed by atoms with E-state index in [1.165, 1.54) is 26.0 Å². The maximum atomic E-state index is 12.5. The third kappa shape index (κ3) is 3.49. The Morgan fingerprint density at radius 1 is 1.38 bits per heavy atom. The topological polar surface area (TPSA) is 81.4 Å². The minimum absolute atomic E-state index is 0.110. The second-order valence-electron chi connectivity index (χ2n) is 5.88. The Labute approximate surface area is 126 Å². The molecule has 1 aromatic rings. The summed E-state index contributed by atoms with van der Waals surface area (Å²) >= 11 is 0. The summed E-state index contributed by atoms with van der Waals surface area (Å²) in [4.78, 5) is 0.110. The predicted octanol–water partition coefficient (Wildman–Crippen LogP) is 2.30. The van der Waals surface area contributed by atoms with Gasteiger partial charge in [-0.15, -0.1) is 0 Å². The molecule has 1 saturated carbocycles. The monoisotopic (exact) mass is 312 g/mol. The van der Waals surface area contributed by atoms with Crippen LogP contribution in [0.2, 0.25) is 0 Å². The van der Waals surface area contributed by atoms with Crippen LogP contribution in [0.4, 0.5) is 5.69 Å². The molecule has 2 rings (SSSR count). The number of rotatable bonds is 5. The first-order valence-corrected chi connectivity index (χ1v) is 8.77. The second-order valence-corrected chi connectivity index (χ2v) is 7.62. The van der Waals surface area contributed by atoms with E-state index in [4.69, 9.17) is 10.5 Å². The Bertz CT molecular complexity index is 614. The summed E-state index contributed by atoms with van der Waals surface area (Å²) in [7, 11) is -2.15. The van der Waals surface area contributed by atoms with Crippen molar-refractivity contribution in [2.45, 2.75) is 38.0 Å². The molecule has 0 spiro atoms. The first-order valence-electron chi connectivity index (χ1n) is 7.29. The fourth-order valence-corrected chi connectivity index (χ4v) is 4.15. The van der Waals surface area contributed by atoms with Crippen molar-refractivity contribution < 1.29 is 13.2 Å². The van der Waals surface area contributed by atoms with Crippen LogP contribution < -0.4 is 15.2 Å². The highest BCUT2D eigenvalue weighted by molar-refractivity contribution is 7.89. The zero-order valence-corrected chi connectivity index (χ0v) is 13.7. The van der Waals surface area contributed by atoms with Gasteiger partial charge < -0.3 is 10.5 Å². The Morgan fingerprint density at radius 3 is 2.67 bits per heavy atom. The molecule has 21 heavy (non-hydrogen) atoms. The van der Waals surface area contributed by atoms with Crippen LogP contribution in [0, 0.1) is 18.8 Å². The molecule has 1 aromatic carbocycles. The molecular weight excluding hydrogens is 288 g/mol. The van der Waals surface area contributed by atoms with Gasteiger partial charge in [0.2, 0.25) is 10.0 Å². The lowest BCUT2D eigenvalue weighted by molar-refractivity contribution is 0.399. The highest BCUT2D eigenvalue weighted by Crippen LogP contribution is 2.32. The summed E-state index contributed by atoms with van der Waals surface area (Å²) in [6.45, 7) is 4.47. The largest absolute Gasteiger partial charge is 0.495 e. The molecule has 2 atom stereocenters. The van der Waals surface area contributed by atoms with Crippen LogP contribution in [0.1, 0.15) is 31.7 Å². The Hall–Kier alpha value is -1.27. The highest BCUT2D eigenvalue weighted by atomic mass is 32.2. The minimum Gasteiger partial charge on any atom is -0.495 e. The molecule has 0 saturated heterocycles. The Kier molecular flexibility index (Phi) is 4.78. The molecule has 0 aliphatic heterocycles. The minimum atomic E-state index is -3.61. The summed E-state index contributed by atoms with van der Waals surface area (Å²) in [6, 6.07) is 3.12. The van der Waals surface area contributed by atoms with Gasteiger partial charge in [0.15, 0.2) is 0 Å². The molecule has 0 bridgehead atoms. The van der Waals surface area contributed by atoms with Gasteiger partial charge in [0.25, 0.3) is 0 Å². The Balaban J connectivity index is 2.21. The van der Waals surface area contributed by atoms with Crippen LogP contribution >= 0.6 is 0 Å². The molecular formula is C15H24N2O3S. The molecule has 118 valence electrons. The quantitative estimate of drug-likeness (QED) is 0.817. The van der Waals surface area contributed by atoms with E-state index in [-0.39, 0.29) is 4.90 Å². The summed E-state index contributed by atoms with van der Waals surface area (Å²) in [5.41, 5.74) is 7.08. The number of sulfonamides is 1.